The molecule has 1 aliphatic heterocycles. The second kappa shape index (κ2) is 14.7. The third-order valence-electron chi connectivity index (χ3n) is 4.99. The molecule has 0 aliphatic carbocycles. The highest BCUT2D eigenvalue weighted by molar-refractivity contribution is 14.0. The van der Waals surface area contributed by atoms with Gasteiger partial charge in [0.25, 0.3) is 0 Å². The van der Waals surface area contributed by atoms with Gasteiger partial charge >= 0.3 is 0 Å². The molecule has 7 nitrogen and oxygen atoms in total. The van der Waals surface area contributed by atoms with Gasteiger partial charge < -0.3 is 24.8 Å². The van der Waals surface area contributed by atoms with E-state index in [-0.39, 0.29) is 36.1 Å². The van der Waals surface area contributed by atoms with E-state index in [1.54, 1.807) is 7.05 Å². The zero-order chi connectivity index (χ0) is 21.9. The molecule has 1 aromatic carbocycles. The predicted molar refractivity (Wildman–Crippen MR) is 138 cm³/mol. The molecule has 1 aliphatic rings. The van der Waals surface area contributed by atoms with Crippen molar-refractivity contribution in [3.05, 3.63) is 23.8 Å². The van der Waals surface area contributed by atoms with Crippen LogP contribution in [0.3, 0.4) is 0 Å². The van der Waals surface area contributed by atoms with Gasteiger partial charge in [-0.25, -0.2) is 0 Å². The van der Waals surface area contributed by atoms with Crippen LogP contribution in [0, 0.1) is 5.92 Å². The number of guanidine groups is 1. The molecule has 0 bridgehead atoms. The van der Waals surface area contributed by atoms with E-state index in [1.165, 1.54) is 0 Å². The molecule has 0 aromatic heterocycles. The maximum atomic E-state index is 5.94. The Balaban J connectivity index is 0.00000480. The zero-order valence-electron chi connectivity index (χ0n) is 19.9. The summed E-state index contributed by atoms with van der Waals surface area (Å²) >= 11 is 0. The minimum atomic E-state index is 0. The van der Waals surface area contributed by atoms with Crippen LogP contribution < -0.4 is 20.1 Å². The van der Waals surface area contributed by atoms with Gasteiger partial charge in [-0.15, -0.1) is 24.0 Å². The molecule has 1 saturated heterocycles. The first-order valence-corrected chi connectivity index (χ1v) is 11.2. The molecular weight excluding hydrogens is 507 g/mol. The predicted octanol–water partition coefficient (Wildman–Crippen LogP) is 3.68. The second-order valence-corrected chi connectivity index (χ2v) is 8.04. The maximum absolute atomic E-state index is 5.94. The number of aliphatic imine (C=N–C) groups is 1. The summed E-state index contributed by atoms with van der Waals surface area (Å²) in [6.07, 6.45) is 0.168. The summed E-state index contributed by atoms with van der Waals surface area (Å²) in [6, 6.07) is 6.13. The van der Waals surface area contributed by atoms with Crippen LogP contribution in [0.25, 0.3) is 0 Å². The normalized spacial score (nSPS) is 18.3. The number of nitrogens with zero attached hydrogens (tertiary/aromatic N) is 2. The van der Waals surface area contributed by atoms with Crippen molar-refractivity contribution in [2.75, 3.05) is 53.0 Å². The van der Waals surface area contributed by atoms with Crippen molar-refractivity contribution in [3.8, 4) is 11.5 Å². The van der Waals surface area contributed by atoms with Crippen LogP contribution in [-0.2, 0) is 4.74 Å². The molecule has 8 heteroatoms. The molecule has 0 spiro atoms. The SMILES string of the molecule is CCOc1ccc(C(C)NC(=NC)NCC2CN(CC(C)C)CCO2)cc1OCC.I. The first-order valence-electron chi connectivity index (χ1n) is 11.2. The Bertz CT molecular complexity index is 672. The number of nitrogens with one attached hydrogen (secondary N) is 2. The summed E-state index contributed by atoms with van der Waals surface area (Å²) in [4.78, 5) is 6.86. The Labute approximate surface area is 205 Å². The molecular formula is C23H41IN4O3. The van der Waals surface area contributed by atoms with Crippen molar-refractivity contribution in [3.63, 3.8) is 0 Å². The van der Waals surface area contributed by atoms with Gasteiger partial charge in [-0.05, 0) is 44.4 Å². The topological polar surface area (TPSA) is 67.4 Å². The molecule has 2 N–H and O–H groups in total. The lowest BCUT2D eigenvalue weighted by Gasteiger charge is -2.34. The standard InChI is InChI=1S/C23H40N4O3.HI/c1-7-28-21-10-9-19(13-22(21)29-8-2)18(5)26-23(24-6)25-14-20-16-27(11-12-30-20)15-17(3)4;/h9-10,13,17-18,20H,7-8,11-12,14-16H2,1-6H3,(H2,24,25,26);1H. The largest absolute Gasteiger partial charge is 0.490 e. The lowest BCUT2D eigenvalue weighted by atomic mass is 10.1. The molecule has 2 unspecified atom stereocenters. The van der Waals surface area contributed by atoms with E-state index in [4.69, 9.17) is 14.2 Å². The highest BCUT2D eigenvalue weighted by atomic mass is 127. The van der Waals surface area contributed by atoms with Gasteiger partial charge in [-0.2, -0.15) is 0 Å². The van der Waals surface area contributed by atoms with Crippen molar-refractivity contribution in [2.45, 2.75) is 46.8 Å². The summed E-state index contributed by atoms with van der Waals surface area (Å²) < 4.78 is 17.4. The van der Waals surface area contributed by atoms with Crippen molar-refractivity contribution < 1.29 is 14.2 Å². The Kier molecular flexibility index (Phi) is 13.2. The zero-order valence-corrected chi connectivity index (χ0v) is 22.3. The molecule has 0 radical (unpaired) electrons. The van der Waals surface area contributed by atoms with E-state index >= 15 is 0 Å². The minimum absolute atomic E-state index is 0. The number of hydrogen-bond donors (Lipinski definition) is 2. The smallest absolute Gasteiger partial charge is 0.191 e. The Morgan fingerprint density at radius 3 is 2.55 bits per heavy atom. The molecule has 1 aromatic rings. The molecule has 2 atom stereocenters. The highest BCUT2D eigenvalue weighted by Crippen LogP contribution is 2.30. The first-order chi connectivity index (χ1) is 14.5. The van der Waals surface area contributed by atoms with Crippen molar-refractivity contribution in [1.82, 2.24) is 15.5 Å². The van der Waals surface area contributed by atoms with E-state index < -0.39 is 0 Å². The summed E-state index contributed by atoms with van der Waals surface area (Å²) in [7, 11) is 1.79. The quantitative estimate of drug-likeness (QED) is 0.264. The fourth-order valence-corrected chi connectivity index (χ4v) is 3.62. The average molecular weight is 549 g/mol. The fourth-order valence-electron chi connectivity index (χ4n) is 3.62. The Hall–Kier alpha value is -1.26. The average Bonchev–Trinajstić information content (AvgIpc) is 2.72. The van der Waals surface area contributed by atoms with Crippen molar-refractivity contribution in [2.24, 2.45) is 10.9 Å². The molecule has 1 heterocycles. The van der Waals surface area contributed by atoms with E-state index in [9.17, 15) is 0 Å². The molecule has 178 valence electrons. The number of morpholine rings is 1. The molecule has 0 saturated carbocycles. The monoisotopic (exact) mass is 548 g/mol. The first kappa shape index (κ1) is 27.8. The third-order valence-corrected chi connectivity index (χ3v) is 4.99. The van der Waals surface area contributed by atoms with E-state index in [2.05, 4.69) is 47.4 Å². The van der Waals surface area contributed by atoms with Gasteiger partial charge in [0.2, 0.25) is 0 Å². The van der Waals surface area contributed by atoms with Crippen LogP contribution in [0.5, 0.6) is 11.5 Å². The summed E-state index contributed by atoms with van der Waals surface area (Å²) in [5.74, 6) is 2.98. The van der Waals surface area contributed by atoms with Gasteiger partial charge in [-0.3, -0.25) is 9.89 Å². The molecule has 31 heavy (non-hydrogen) atoms. The van der Waals surface area contributed by atoms with Gasteiger partial charge in [0.15, 0.2) is 17.5 Å². The Morgan fingerprint density at radius 2 is 1.90 bits per heavy atom. The fraction of sp³-hybridized carbons (Fsp3) is 0.696. The number of rotatable bonds is 10. The molecule has 0 amide bonds. The van der Waals surface area contributed by atoms with Gasteiger partial charge in [0.1, 0.15) is 0 Å². The van der Waals surface area contributed by atoms with E-state index in [1.807, 2.05) is 26.0 Å². The summed E-state index contributed by atoms with van der Waals surface area (Å²) in [6.45, 7) is 16.4. The van der Waals surface area contributed by atoms with Crippen LogP contribution in [0.15, 0.2) is 23.2 Å². The van der Waals surface area contributed by atoms with Crippen LogP contribution in [0.4, 0.5) is 0 Å². The number of halogens is 1. The molecule has 2 rings (SSSR count). The molecule has 1 fully saturated rings. The minimum Gasteiger partial charge on any atom is -0.490 e. The highest BCUT2D eigenvalue weighted by Gasteiger charge is 2.21. The maximum Gasteiger partial charge on any atom is 0.191 e. The van der Waals surface area contributed by atoms with Crippen LogP contribution in [0.2, 0.25) is 0 Å². The summed E-state index contributed by atoms with van der Waals surface area (Å²) in [5, 5.41) is 6.88. The van der Waals surface area contributed by atoms with Gasteiger partial charge in [-0.1, -0.05) is 19.9 Å². The van der Waals surface area contributed by atoms with Crippen LogP contribution in [0.1, 0.15) is 46.2 Å². The number of hydrogen-bond acceptors (Lipinski definition) is 5. The number of benzene rings is 1. The van der Waals surface area contributed by atoms with Crippen LogP contribution >= 0.6 is 24.0 Å². The number of ether oxygens (including phenoxy) is 3. The van der Waals surface area contributed by atoms with Gasteiger partial charge in [0.05, 0.1) is 32.0 Å². The Morgan fingerprint density at radius 1 is 1.19 bits per heavy atom. The van der Waals surface area contributed by atoms with Crippen LogP contribution in [-0.4, -0.2) is 70.0 Å². The van der Waals surface area contributed by atoms with Gasteiger partial charge in [0, 0.05) is 33.2 Å². The van der Waals surface area contributed by atoms with E-state index in [0.717, 1.165) is 55.8 Å². The lowest BCUT2D eigenvalue weighted by molar-refractivity contribution is -0.0284. The second-order valence-electron chi connectivity index (χ2n) is 8.04. The third kappa shape index (κ3) is 9.41. The van der Waals surface area contributed by atoms with E-state index in [0.29, 0.717) is 19.1 Å². The van der Waals surface area contributed by atoms with Crippen molar-refractivity contribution in [1.29, 1.82) is 0 Å². The van der Waals surface area contributed by atoms with Crippen molar-refractivity contribution >= 4 is 29.9 Å². The lowest BCUT2D eigenvalue weighted by Crippen LogP contribution is -2.50. The summed E-state index contributed by atoms with van der Waals surface area (Å²) in [5.41, 5.74) is 1.11.